The standard InChI is InChI=1S/C23H24ClN5O2/c24-19-3-4-20-18(10-19)11-23(30-8-9-31-23)12-21-26-27-22(29(20)21)17-5-7-28(15-17)14-16-2-1-6-25-13-16/h1-4,6,10,13,17H,5,7-9,11-12,14-15H2. The largest absolute Gasteiger partial charge is 0.347 e. The maximum atomic E-state index is 6.36. The lowest BCUT2D eigenvalue weighted by atomic mass is 10.0. The van der Waals surface area contributed by atoms with Crippen LogP contribution < -0.4 is 0 Å². The molecule has 2 aromatic heterocycles. The molecule has 3 aromatic rings. The molecule has 2 fully saturated rings. The Morgan fingerprint density at radius 1 is 1.13 bits per heavy atom. The molecule has 1 spiro atoms. The third kappa shape index (κ3) is 3.55. The minimum absolute atomic E-state index is 0.320. The smallest absolute Gasteiger partial charge is 0.179 e. The van der Waals surface area contributed by atoms with Crippen LogP contribution in [0.5, 0.6) is 0 Å². The summed E-state index contributed by atoms with van der Waals surface area (Å²) in [5, 5.41) is 9.99. The SMILES string of the molecule is Clc1ccc2c(c1)CC1(Cc3nnc(C4CCN(Cc5cccnc5)C4)n3-2)OCCO1. The quantitative estimate of drug-likeness (QED) is 0.627. The number of pyridine rings is 1. The molecule has 0 aliphatic carbocycles. The summed E-state index contributed by atoms with van der Waals surface area (Å²) in [5.41, 5.74) is 3.43. The van der Waals surface area contributed by atoms with Gasteiger partial charge in [-0.15, -0.1) is 10.2 Å². The molecule has 1 aromatic carbocycles. The van der Waals surface area contributed by atoms with E-state index < -0.39 is 5.79 Å². The van der Waals surface area contributed by atoms with Crippen LogP contribution >= 0.6 is 11.6 Å². The molecule has 0 radical (unpaired) electrons. The molecule has 2 saturated heterocycles. The first-order chi connectivity index (χ1) is 15.2. The molecule has 6 rings (SSSR count). The van der Waals surface area contributed by atoms with Crippen molar-refractivity contribution in [3.05, 3.63) is 70.5 Å². The second-order valence-electron chi connectivity index (χ2n) is 8.63. The third-order valence-corrected chi connectivity index (χ3v) is 6.74. The Kier molecular flexibility index (Phi) is 4.79. The molecular weight excluding hydrogens is 414 g/mol. The Morgan fingerprint density at radius 2 is 2.03 bits per heavy atom. The van der Waals surface area contributed by atoms with Gasteiger partial charge in [-0.25, -0.2) is 0 Å². The molecule has 1 atom stereocenters. The summed E-state index contributed by atoms with van der Waals surface area (Å²) in [7, 11) is 0. The molecule has 5 heterocycles. The van der Waals surface area contributed by atoms with Crippen LogP contribution in [0.3, 0.4) is 0 Å². The summed E-state index contributed by atoms with van der Waals surface area (Å²) >= 11 is 6.36. The number of likely N-dealkylation sites (tertiary alicyclic amines) is 1. The lowest BCUT2D eigenvalue weighted by Gasteiger charge is -2.25. The molecule has 0 bridgehead atoms. The molecule has 7 nitrogen and oxygen atoms in total. The monoisotopic (exact) mass is 437 g/mol. The van der Waals surface area contributed by atoms with Crippen LogP contribution in [0.4, 0.5) is 0 Å². The number of aromatic nitrogens is 4. The predicted molar refractivity (Wildman–Crippen MR) is 115 cm³/mol. The number of benzene rings is 1. The molecule has 160 valence electrons. The highest BCUT2D eigenvalue weighted by atomic mass is 35.5. The van der Waals surface area contributed by atoms with Crippen LogP contribution in [0.1, 0.15) is 35.1 Å². The van der Waals surface area contributed by atoms with Gasteiger partial charge < -0.3 is 9.47 Å². The zero-order chi connectivity index (χ0) is 20.8. The van der Waals surface area contributed by atoms with E-state index in [1.807, 2.05) is 30.6 Å². The van der Waals surface area contributed by atoms with Crippen LogP contribution in [0.15, 0.2) is 42.7 Å². The molecule has 3 aliphatic rings. The second kappa shape index (κ2) is 7.67. The van der Waals surface area contributed by atoms with E-state index in [4.69, 9.17) is 21.1 Å². The molecular formula is C23H24ClN5O2. The summed E-state index contributed by atoms with van der Waals surface area (Å²) in [5.74, 6) is 1.55. The van der Waals surface area contributed by atoms with Gasteiger partial charge in [-0.2, -0.15) is 0 Å². The highest BCUT2D eigenvalue weighted by Gasteiger charge is 2.43. The van der Waals surface area contributed by atoms with Crippen molar-refractivity contribution in [1.29, 1.82) is 0 Å². The Bertz CT molecular complexity index is 1100. The van der Waals surface area contributed by atoms with Gasteiger partial charge >= 0.3 is 0 Å². The fourth-order valence-electron chi connectivity index (χ4n) is 5.12. The minimum atomic E-state index is -0.681. The first kappa shape index (κ1) is 19.4. The molecule has 0 saturated carbocycles. The van der Waals surface area contributed by atoms with Gasteiger partial charge in [-0.3, -0.25) is 14.5 Å². The van der Waals surface area contributed by atoms with Crippen LogP contribution in [0, 0.1) is 0 Å². The van der Waals surface area contributed by atoms with E-state index in [9.17, 15) is 0 Å². The lowest BCUT2D eigenvalue weighted by Crippen LogP contribution is -2.35. The Balaban J connectivity index is 1.34. The van der Waals surface area contributed by atoms with Crippen LogP contribution in [-0.2, 0) is 28.9 Å². The molecule has 0 amide bonds. The fourth-order valence-corrected chi connectivity index (χ4v) is 5.31. The zero-order valence-electron chi connectivity index (χ0n) is 17.2. The molecule has 0 N–H and O–H groups in total. The predicted octanol–water partition coefficient (Wildman–Crippen LogP) is 3.15. The van der Waals surface area contributed by atoms with Gasteiger partial charge in [0.1, 0.15) is 11.6 Å². The van der Waals surface area contributed by atoms with Crippen molar-refractivity contribution in [3.63, 3.8) is 0 Å². The maximum Gasteiger partial charge on any atom is 0.179 e. The summed E-state index contributed by atoms with van der Waals surface area (Å²) in [6, 6.07) is 10.2. The van der Waals surface area contributed by atoms with Crippen LogP contribution in [-0.4, -0.2) is 56.7 Å². The van der Waals surface area contributed by atoms with E-state index in [2.05, 4.69) is 36.8 Å². The highest BCUT2D eigenvalue weighted by Crippen LogP contribution is 2.38. The number of fused-ring (bicyclic) bond motifs is 3. The van der Waals surface area contributed by atoms with Crippen LogP contribution in [0.2, 0.25) is 5.02 Å². The van der Waals surface area contributed by atoms with Gasteiger partial charge in [-0.05, 0) is 48.4 Å². The zero-order valence-corrected chi connectivity index (χ0v) is 18.0. The number of hydrogen-bond acceptors (Lipinski definition) is 6. The lowest BCUT2D eigenvalue weighted by molar-refractivity contribution is -0.155. The van der Waals surface area contributed by atoms with E-state index in [1.54, 1.807) is 0 Å². The van der Waals surface area contributed by atoms with Gasteiger partial charge in [0.25, 0.3) is 0 Å². The minimum Gasteiger partial charge on any atom is -0.347 e. The van der Waals surface area contributed by atoms with Crippen molar-refractivity contribution >= 4 is 11.6 Å². The van der Waals surface area contributed by atoms with Crippen molar-refractivity contribution in [3.8, 4) is 5.69 Å². The first-order valence-electron chi connectivity index (χ1n) is 10.8. The average molecular weight is 438 g/mol. The average Bonchev–Trinajstić information content (AvgIpc) is 3.49. The van der Waals surface area contributed by atoms with Crippen molar-refractivity contribution < 1.29 is 9.47 Å². The molecule has 8 heteroatoms. The topological polar surface area (TPSA) is 65.3 Å². The second-order valence-corrected chi connectivity index (χ2v) is 9.06. The third-order valence-electron chi connectivity index (χ3n) is 6.50. The van der Waals surface area contributed by atoms with Gasteiger partial charge in [0.05, 0.1) is 25.3 Å². The van der Waals surface area contributed by atoms with Gasteiger partial charge in [-0.1, -0.05) is 17.7 Å². The maximum absolute atomic E-state index is 6.36. The van der Waals surface area contributed by atoms with E-state index in [1.165, 1.54) is 5.56 Å². The first-order valence-corrected chi connectivity index (χ1v) is 11.2. The normalized spacial score (nSPS) is 22.4. The molecule has 1 unspecified atom stereocenters. The number of hydrogen-bond donors (Lipinski definition) is 0. The van der Waals surface area contributed by atoms with E-state index in [0.717, 1.165) is 49.0 Å². The van der Waals surface area contributed by atoms with Crippen molar-refractivity contribution in [1.82, 2.24) is 24.6 Å². The van der Waals surface area contributed by atoms with E-state index in [0.29, 0.717) is 37.0 Å². The summed E-state index contributed by atoms with van der Waals surface area (Å²) in [4.78, 5) is 6.71. The van der Waals surface area contributed by atoms with Gasteiger partial charge in [0, 0.05) is 42.8 Å². The van der Waals surface area contributed by atoms with Crippen molar-refractivity contribution in [2.75, 3.05) is 26.3 Å². The molecule has 3 aliphatic heterocycles. The van der Waals surface area contributed by atoms with Gasteiger partial charge in [0.15, 0.2) is 5.79 Å². The molecule has 31 heavy (non-hydrogen) atoms. The number of ether oxygens (including phenoxy) is 2. The summed E-state index contributed by atoms with van der Waals surface area (Å²) < 4.78 is 14.4. The van der Waals surface area contributed by atoms with Crippen molar-refractivity contribution in [2.24, 2.45) is 0 Å². The number of halogens is 1. The van der Waals surface area contributed by atoms with Crippen molar-refractivity contribution in [2.45, 2.75) is 37.5 Å². The summed E-state index contributed by atoms with van der Waals surface area (Å²) in [6.07, 6.45) is 6.05. The van der Waals surface area contributed by atoms with E-state index >= 15 is 0 Å². The Labute approximate surface area is 186 Å². The summed E-state index contributed by atoms with van der Waals surface area (Å²) in [6.45, 7) is 4.09. The number of nitrogens with zero attached hydrogens (tertiary/aromatic N) is 5. The van der Waals surface area contributed by atoms with Gasteiger partial charge in [0.2, 0.25) is 0 Å². The highest BCUT2D eigenvalue weighted by molar-refractivity contribution is 6.30. The Morgan fingerprint density at radius 3 is 2.87 bits per heavy atom. The van der Waals surface area contributed by atoms with Crippen LogP contribution in [0.25, 0.3) is 5.69 Å². The van der Waals surface area contributed by atoms with E-state index in [-0.39, 0.29) is 0 Å². The number of rotatable bonds is 3. The Hall–Kier alpha value is -2.32. The fraction of sp³-hybridized carbons (Fsp3) is 0.435.